The molecule has 0 aromatic heterocycles. The van der Waals surface area contributed by atoms with Crippen molar-refractivity contribution in [2.45, 2.75) is 44.4 Å². The minimum absolute atomic E-state index is 0.264. The van der Waals surface area contributed by atoms with Gasteiger partial charge in [0.15, 0.2) is 0 Å². The smallest absolute Gasteiger partial charge is 0.0452 e. The quantitative estimate of drug-likeness (QED) is 0.603. The van der Waals surface area contributed by atoms with E-state index >= 15 is 0 Å². The molecule has 0 N–H and O–H groups in total. The molecule has 0 bridgehead atoms. The van der Waals surface area contributed by atoms with Crippen molar-refractivity contribution in [2.75, 3.05) is 0 Å². The summed E-state index contributed by atoms with van der Waals surface area (Å²) in [7, 11) is 0. The zero-order chi connectivity index (χ0) is 13.1. The molecule has 0 nitrogen and oxygen atoms in total. The average molecular weight is 306 g/mol. The van der Waals surface area contributed by atoms with E-state index in [0.717, 1.165) is 34.4 Å². The van der Waals surface area contributed by atoms with E-state index in [1.807, 2.05) is 18.2 Å². The van der Waals surface area contributed by atoms with E-state index in [2.05, 4.69) is 6.92 Å². The Morgan fingerprint density at radius 2 is 1.83 bits per heavy atom. The molecule has 3 atom stereocenters. The number of alkyl halides is 1. The van der Waals surface area contributed by atoms with E-state index in [-0.39, 0.29) is 5.38 Å². The second-order valence-corrected chi connectivity index (χ2v) is 6.64. The summed E-state index contributed by atoms with van der Waals surface area (Å²) in [5.74, 6) is 1.31. The van der Waals surface area contributed by atoms with Crippen molar-refractivity contribution < 1.29 is 0 Å². The molecule has 100 valence electrons. The highest BCUT2D eigenvalue weighted by molar-refractivity contribution is 6.36. The fourth-order valence-corrected chi connectivity index (χ4v) is 3.77. The molecule has 0 heterocycles. The molecular formula is C15H19Cl3. The summed E-state index contributed by atoms with van der Waals surface area (Å²) in [6.07, 6.45) is 5.73. The number of hydrogen-bond donors (Lipinski definition) is 0. The number of hydrogen-bond acceptors (Lipinski definition) is 0. The molecule has 2 rings (SSSR count). The molecule has 1 aliphatic rings. The zero-order valence-electron chi connectivity index (χ0n) is 10.6. The molecule has 0 amide bonds. The second kappa shape index (κ2) is 6.50. The molecule has 3 unspecified atom stereocenters. The topological polar surface area (TPSA) is 0 Å². The molecule has 0 aliphatic heterocycles. The van der Waals surface area contributed by atoms with Gasteiger partial charge in [0, 0.05) is 15.4 Å². The van der Waals surface area contributed by atoms with Crippen molar-refractivity contribution in [1.82, 2.24) is 0 Å². The maximum Gasteiger partial charge on any atom is 0.0452 e. The molecule has 1 aromatic carbocycles. The van der Waals surface area contributed by atoms with E-state index < -0.39 is 0 Å². The molecule has 1 aliphatic carbocycles. The van der Waals surface area contributed by atoms with Crippen molar-refractivity contribution in [3.63, 3.8) is 0 Å². The zero-order valence-corrected chi connectivity index (χ0v) is 12.9. The first kappa shape index (κ1) is 14.5. The lowest BCUT2D eigenvalue weighted by Crippen LogP contribution is -2.27. The van der Waals surface area contributed by atoms with E-state index in [4.69, 9.17) is 34.8 Å². The van der Waals surface area contributed by atoms with Crippen molar-refractivity contribution in [1.29, 1.82) is 0 Å². The van der Waals surface area contributed by atoms with Gasteiger partial charge in [-0.15, -0.1) is 11.6 Å². The summed E-state index contributed by atoms with van der Waals surface area (Å²) >= 11 is 19.0. The molecule has 18 heavy (non-hydrogen) atoms. The third-order valence-electron chi connectivity index (χ3n) is 4.10. The molecular weight excluding hydrogens is 287 g/mol. The Labute approximate surface area is 125 Å². The summed E-state index contributed by atoms with van der Waals surface area (Å²) in [5.41, 5.74) is 1.06. The molecule has 0 saturated heterocycles. The van der Waals surface area contributed by atoms with Gasteiger partial charge in [-0.05, 0) is 55.2 Å². The monoisotopic (exact) mass is 304 g/mol. The molecule has 1 fully saturated rings. The summed E-state index contributed by atoms with van der Waals surface area (Å²) in [5, 5.41) is 1.80. The van der Waals surface area contributed by atoms with Crippen LogP contribution in [0.2, 0.25) is 10.0 Å². The van der Waals surface area contributed by atoms with Gasteiger partial charge in [0.25, 0.3) is 0 Å². The Balaban J connectivity index is 2.12. The van der Waals surface area contributed by atoms with Crippen molar-refractivity contribution in [2.24, 2.45) is 11.8 Å². The van der Waals surface area contributed by atoms with Crippen molar-refractivity contribution >= 4 is 34.8 Å². The van der Waals surface area contributed by atoms with Crippen LogP contribution in [0, 0.1) is 11.8 Å². The average Bonchev–Trinajstić information content (AvgIpc) is 2.36. The van der Waals surface area contributed by atoms with Gasteiger partial charge in [-0.25, -0.2) is 0 Å². The summed E-state index contributed by atoms with van der Waals surface area (Å²) in [6, 6.07) is 5.71. The Hall–Kier alpha value is 0.0900. The van der Waals surface area contributed by atoms with Gasteiger partial charge < -0.3 is 0 Å². The Morgan fingerprint density at radius 1 is 1.17 bits per heavy atom. The van der Waals surface area contributed by atoms with Gasteiger partial charge in [-0.3, -0.25) is 0 Å². The minimum atomic E-state index is 0.264. The second-order valence-electron chi connectivity index (χ2n) is 5.27. The molecule has 0 radical (unpaired) electrons. The van der Waals surface area contributed by atoms with Crippen LogP contribution < -0.4 is 0 Å². The predicted octanol–water partition coefficient (Wildman–Crippen LogP) is 5.97. The SMILES string of the molecule is CCC1CCC(Cl)C(Cc2c(Cl)cccc2Cl)C1. The lowest BCUT2D eigenvalue weighted by Gasteiger charge is -2.33. The first-order valence-corrected chi connectivity index (χ1v) is 7.88. The Morgan fingerprint density at radius 3 is 2.44 bits per heavy atom. The minimum Gasteiger partial charge on any atom is -0.123 e. The third-order valence-corrected chi connectivity index (χ3v) is 5.39. The number of halogens is 3. The van der Waals surface area contributed by atoms with Crippen molar-refractivity contribution in [3.05, 3.63) is 33.8 Å². The van der Waals surface area contributed by atoms with E-state index in [9.17, 15) is 0 Å². The highest BCUT2D eigenvalue weighted by Crippen LogP contribution is 2.38. The van der Waals surface area contributed by atoms with Crippen LogP contribution in [0.25, 0.3) is 0 Å². The van der Waals surface area contributed by atoms with E-state index in [1.54, 1.807) is 0 Å². The van der Waals surface area contributed by atoms with Crippen LogP contribution in [0.3, 0.4) is 0 Å². The van der Waals surface area contributed by atoms with Crippen LogP contribution in [0.5, 0.6) is 0 Å². The third kappa shape index (κ3) is 3.35. The maximum atomic E-state index is 6.47. The standard InChI is InChI=1S/C15H19Cl3/c1-2-10-6-7-13(16)11(8-10)9-12-14(17)4-3-5-15(12)18/h3-5,10-11,13H,2,6-9H2,1H3. The lowest BCUT2D eigenvalue weighted by atomic mass is 9.77. The van der Waals surface area contributed by atoms with Gasteiger partial charge in [-0.2, -0.15) is 0 Å². The number of benzene rings is 1. The van der Waals surface area contributed by atoms with Gasteiger partial charge in [0.2, 0.25) is 0 Å². The van der Waals surface area contributed by atoms with Crippen LogP contribution >= 0.6 is 34.8 Å². The molecule has 3 heteroatoms. The largest absolute Gasteiger partial charge is 0.123 e. The Bertz CT molecular complexity index is 382. The fourth-order valence-electron chi connectivity index (χ4n) is 2.90. The van der Waals surface area contributed by atoms with Gasteiger partial charge in [0.1, 0.15) is 0 Å². The van der Waals surface area contributed by atoms with Crippen LogP contribution in [-0.2, 0) is 6.42 Å². The summed E-state index contributed by atoms with van der Waals surface area (Å²) in [4.78, 5) is 0. The van der Waals surface area contributed by atoms with Crippen LogP contribution in [0.1, 0.15) is 38.2 Å². The number of rotatable bonds is 3. The van der Waals surface area contributed by atoms with Crippen LogP contribution in [-0.4, -0.2) is 5.38 Å². The fraction of sp³-hybridized carbons (Fsp3) is 0.600. The maximum absolute atomic E-state index is 6.47. The van der Waals surface area contributed by atoms with Crippen molar-refractivity contribution in [3.8, 4) is 0 Å². The van der Waals surface area contributed by atoms with Gasteiger partial charge in [0.05, 0.1) is 0 Å². The highest BCUT2D eigenvalue weighted by atomic mass is 35.5. The normalized spacial score (nSPS) is 28.3. The predicted molar refractivity (Wildman–Crippen MR) is 80.9 cm³/mol. The molecule has 1 saturated carbocycles. The first-order valence-electron chi connectivity index (χ1n) is 6.68. The first-order chi connectivity index (χ1) is 8.61. The summed E-state index contributed by atoms with van der Waals surface area (Å²) < 4.78 is 0. The highest BCUT2D eigenvalue weighted by Gasteiger charge is 2.29. The van der Waals surface area contributed by atoms with E-state index in [0.29, 0.717) is 5.92 Å². The lowest BCUT2D eigenvalue weighted by molar-refractivity contribution is 0.265. The van der Waals surface area contributed by atoms with Crippen LogP contribution in [0.15, 0.2) is 18.2 Å². The van der Waals surface area contributed by atoms with Gasteiger partial charge >= 0.3 is 0 Å². The van der Waals surface area contributed by atoms with Gasteiger partial charge in [-0.1, -0.05) is 42.6 Å². The molecule has 0 spiro atoms. The van der Waals surface area contributed by atoms with Crippen LogP contribution in [0.4, 0.5) is 0 Å². The molecule has 1 aromatic rings. The Kier molecular flexibility index (Phi) is 5.24. The van der Waals surface area contributed by atoms with E-state index in [1.165, 1.54) is 19.3 Å². The summed E-state index contributed by atoms with van der Waals surface area (Å²) in [6.45, 7) is 2.26.